The fraction of sp³-hybridized carbons (Fsp3) is 0.562. The van der Waals surface area contributed by atoms with Gasteiger partial charge in [-0.1, -0.05) is 30.7 Å². The largest absolute Gasteiger partial charge is 0.494 e. The molecule has 41 heavy (non-hydrogen) atoms. The molecule has 2 amide bonds. The van der Waals surface area contributed by atoms with Crippen molar-refractivity contribution in [2.45, 2.75) is 71.6 Å². The van der Waals surface area contributed by atoms with Crippen LogP contribution in [0.1, 0.15) is 56.2 Å². The summed E-state index contributed by atoms with van der Waals surface area (Å²) in [6.07, 6.45) is 2.71. The summed E-state index contributed by atoms with van der Waals surface area (Å²) in [5, 5.41) is 3.71. The van der Waals surface area contributed by atoms with Crippen molar-refractivity contribution in [1.29, 1.82) is 0 Å². The molecule has 2 aliphatic heterocycles. The fourth-order valence-electron chi connectivity index (χ4n) is 5.63. The third kappa shape index (κ3) is 8.84. The van der Waals surface area contributed by atoms with Gasteiger partial charge >= 0.3 is 0 Å². The van der Waals surface area contributed by atoms with Crippen LogP contribution in [0.3, 0.4) is 0 Å². The highest BCUT2D eigenvalue weighted by molar-refractivity contribution is 6.32. The number of carbonyl (C=O) groups excluding carboxylic acids is 2. The van der Waals surface area contributed by atoms with Crippen LogP contribution in [0.15, 0.2) is 36.4 Å². The molecule has 224 valence electrons. The Morgan fingerprint density at radius 1 is 1.05 bits per heavy atom. The third-order valence-electron chi connectivity index (χ3n) is 7.77. The summed E-state index contributed by atoms with van der Waals surface area (Å²) in [5.41, 5.74) is 2.29. The standard InChI is InChI=1S/C32H44ClN3O5/c1-5-15-39-28-8-6-26(7-9-28)20-35-14-16-41-32(21-35,22-40-29-17-23(2)31(33)24(3)18-29)19-30(38)36-12-10-27(11-13-36)34-25(4)37/h6-9,17-18,27H,5,10-16,19-22H2,1-4H3,(H,34,37)/t32-/m1/s1. The van der Waals surface area contributed by atoms with Crippen LogP contribution in [-0.2, 0) is 20.9 Å². The van der Waals surface area contributed by atoms with Crippen molar-refractivity contribution in [3.63, 3.8) is 0 Å². The molecule has 1 N–H and O–H groups in total. The van der Waals surface area contributed by atoms with Crippen LogP contribution >= 0.6 is 11.6 Å². The molecule has 4 rings (SSSR count). The molecule has 8 nitrogen and oxygen atoms in total. The fourth-order valence-corrected chi connectivity index (χ4v) is 5.73. The van der Waals surface area contributed by atoms with Crippen LogP contribution in [0.5, 0.6) is 11.5 Å². The van der Waals surface area contributed by atoms with Gasteiger partial charge in [-0.15, -0.1) is 0 Å². The van der Waals surface area contributed by atoms with Gasteiger partial charge in [0.2, 0.25) is 11.8 Å². The smallest absolute Gasteiger partial charge is 0.225 e. The van der Waals surface area contributed by atoms with Crippen molar-refractivity contribution in [1.82, 2.24) is 15.1 Å². The molecule has 2 aromatic rings. The number of nitrogens with one attached hydrogen (secondary N) is 1. The summed E-state index contributed by atoms with van der Waals surface area (Å²) in [7, 11) is 0. The number of morpholine rings is 1. The highest BCUT2D eigenvalue weighted by atomic mass is 35.5. The zero-order valence-electron chi connectivity index (χ0n) is 24.8. The van der Waals surface area contributed by atoms with Gasteiger partial charge in [0.15, 0.2) is 0 Å². The second kappa shape index (κ2) is 14.4. The molecule has 0 spiro atoms. The molecule has 1 atom stereocenters. The minimum atomic E-state index is -0.796. The van der Waals surface area contributed by atoms with Crippen molar-refractivity contribution in [2.75, 3.05) is 46.0 Å². The Labute approximate surface area is 249 Å². The second-order valence-electron chi connectivity index (χ2n) is 11.4. The summed E-state index contributed by atoms with van der Waals surface area (Å²) in [4.78, 5) is 29.3. The van der Waals surface area contributed by atoms with Crippen LogP contribution in [0.25, 0.3) is 0 Å². The number of amides is 2. The van der Waals surface area contributed by atoms with Gasteiger partial charge in [-0.25, -0.2) is 0 Å². The van der Waals surface area contributed by atoms with E-state index in [1.807, 2.05) is 43.0 Å². The van der Waals surface area contributed by atoms with Gasteiger partial charge in [-0.2, -0.15) is 0 Å². The summed E-state index contributed by atoms with van der Waals surface area (Å²) in [5.74, 6) is 1.62. The molecule has 2 heterocycles. The lowest BCUT2D eigenvalue weighted by molar-refractivity contribution is -0.157. The number of aryl methyl sites for hydroxylation is 2. The van der Waals surface area contributed by atoms with Crippen molar-refractivity contribution in [3.05, 3.63) is 58.1 Å². The van der Waals surface area contributed by atoms with E-state index >= 15 is 0 Å². The zero-order valence-corrected chi connectivity index (χ0v) is 25.6. The number of nitrogens with zero attached hydrogens (tertiary/aromatic N) is 2. The molecule has 2 aliphatic rings. The second-order valence-corrected chi connectivity index (χ2v) is 11.8. The monoisotopic (exact) mass is 585 g/mol. The van der Waals surface area contributed by atoms with Crippen LogP contribution < -0.4 is 14.8 Å². The molecule has 0 radical (unpaired) electrons. The number of rotatable bonds is 11. The minimum Gasteiger partial charge on any atom is -0.494 e. The third-order valence-corrected chi connectivity index (χ3v) is 8.37. The van der Waals surface area contributed by atoms with Crippen molar-refractivity contribution in [2.24, 2.45) is 0 Å². The number of halogens is 1. The van der Waals surface area contributed by atoms with E-state index in [1.54, 1.807) is 0 Å². The highest BCUT2D eigenvalue weighted by Crippen LogP contribution is 2.30. The van der Waals surface area contributed by atoms with E-state index in [2.05, 4.69) is 29.3 Å². The van der Waals surface area contributed by atoms with Crippen molar-refractivity contribution in [3.8, 4) is 11.5 Å². The van der Waals surface area contributed by atoms with Gasteiger partial charge in [0.1, 0.15) is 23.7 Å². The van der Waals surface area contributed by atoms with E-state index in [-0.39, 0.29) is 30.9 Å². The van der Waals surface area contributed by atoms with E-state index in [0.717, 1.165) is 60.0 Å². The predicted molar refractivity (Wildman–Crippen MR) is 161 cm³/mol. The molecule has 0 aliphatic carbocycles. The van der Waals surface area contributed by atoms with Crippen LogP contribution in [0.4, 0.5) is 0 Å². The molecular weight excluding hydrogens is 542 g/mol. The van der Waals surface area contributed by atoms with Gasteiger partial charge in [-0.05, 0) is 74.1 Å². The zero-order chi connectivity index (χ0) is 29.4. The van der Waals surface area contributed by atoms with Crippen molar-refractivity contribution >= 4 is 23.4 Å². The average Bonchev–Trinajstić information content (AvgIpc) is 2.94. The van der Waals surface area contributed by atoms with Crippen LogP contribution in [0.2, 0.25) is 5.02 Å². The molecule has 9 heteroatoms. The predicted octanol–water partition coefficient (Wildman–Crippen LogP) is 4.91. The van der Waals surface area contributed by atoms with Crippen LogP contribution in [-0.4, -0.2) is 79.3 Å². The number of benzene rings is 2. The molecule has 2 fully saturated rings. The van der Waals surface area contributed by atoms with Gasteiger partial charge in [0, 0.05) is 50.7 Å². The summed E-state index contributed by atoms with van der Waals surface area (Å²) < 4.78 is 18.5. The summed E-state index contributed by atoms with van der Waals surface area (Å²) >= 11 is 6.38. The normalized spacial score (nSPS) is 20.1. The summed E-state index contributed by atoms with van der Waals surface area (Å²) in [6, 6.07) is 12.2. The number of hydrogen-bond donors (Lipinski definition) is 1. The van der Waals surface area contributed by atoms with Crippen molar-refractivity contribution < 1.29 is 23.8 Å². The average molecular weight is 586 g/mol. The molecule has 0 aromatic heterocycles. The topological polar surface area (TPSA) is 80.3 Å². The number of piperidine rings is 1. The minimum absolute atomic E-state index is 0.0302. The molecule has 0 bridgehead atoms. The first-order chi connectivity index (χ1) is 19.7. The first-order valence-corrected chi connectivity index (χ1v) is 15.1. The number of likely N-dealkylation sites (tertiary alicyclic amines) is 1. The molecule has 0 unspecified atom stereocenters. The van der Waals surface area contributed by atoms with E-state index in [0.29, 0.717) is 32.8 Å². The lowest BCUT2D eigenvalue weighted by Crippen LogP contribution is -2.57. The molecule has 2 aromatic carbocycles. The maximum absolute atomic E-state index is 13.6. The Kier molecular flexibility index (Phi) is 10.9. The molecular formula is C32H44ClN3O5. The SMILES string of the molecule is CCCOc1ccc(CN2CCO[C@](COc3cc(C)c(Cl)c(C)c3)(CC(=O)N3CCC(NC(C)=O)CC3)C2)cc1. The Balaban J connectivity index is 1.46. The Morgan fingerprint density at radius 3 is 2.37 bits per heavy atom. The lowest BCUT2D eigenvalue weighted by atomic mass is 9.95. The Hall–Kier alpha value is -2.81. The maximum Gasteiger partial charge on any atom is 0.225 e. The van der Waals surface area contributed by atoms with Gasteiger partial charge < -0.3 is 24.4 Å². The molecule has 2 saturated heterocycles. The summed E-state index contributed by atoms with van der Waals surface area (Å²) in [6.45, 7) is 12.3. The van der Waals surface area contributed by atoms with Gasteiger partial charge in [0.05, 0.1) is 19.6 Å². The maximum atomic E-state index is 13.6. The first-order valence-electron chi connectivity index (χ1n) is 14.7. The Morgan fingerprint density at radius 2 is 1.73 bits per heavy atom. The van der Waals surface area contributed by atoms with E-state index in [1.165, 1.54) is 12.5 Å². The Bertz CT molecular complexity index is 1160. The van der Waals surface area contributed by atoms with E-state index in [4.69, 9.17) is 25.8 Å². The quantitative estimate of drug-likeness (QED) is 0.403. The molecule has 0 saturated carbocycles. The number of carbonyl (C=O) groups is 2. The van der Waals surface area contributed by atoms with E-state index < -0.39 is 5.60 Å². The number of hydrogen-bond acceptors (Lipinski definition) is 6. The van der Waals surface area contributed by atoms with E-state index in [9.17, 15) is 9.59 Å². The van der Waals surface area contributed by atoms with Crippen LogP contribution in [0, 0.1) is 13.8 Å². The highest BCUT2D eigenvalue weighted by Gasteiger charge is 2.41. The number of ether oxygens (including phenoxy) is 3. The van der Waals surface area contributed by atoms with Gasteiger partial charge in [0.25, 0.3) is 0 Å². The lowest BCUT2D eigenvalue weighted by Gasteiger charge is -2.43. The van der Waals surface area contributed by atoms with Gasteiger partial charge in [-0.3, -0.25) is 14.5 Å². The first kappa shape index (κ1) is 31.1.